The summed E-state index contributed by atoms with van der Waals surface area (Å²) in [6.07, 6.45) is -2.36. The molecule has 2 aromatic carbocycles. The smallest absolute Gasteiger partial charge is 0.418 e. The molecule has 9 nitrogen and oxygen atoms in total. The summed E-state index contributed by atoms with van der Waals surface area (Å²) in [6.45, 7) is 0. The Labute approximate surface area is 213 Å². The molecule has 2 amide bonds. The fourth-order valence-corrected chi connectivity index (χ4v) is 4.42. The van der Waals surface area contributed by atoms with E-state index in [1.165, 1.54) is 37.6 Å². The highest BCUT2D eigenvalue weighted by atomic mass is 19.4. The number of ether oxygens (including phenoxy) is 2. The van der Waals surface area contributed by atoms with Crippen LogP contribution in [0, 0.1) is 5.41 Å². The fourth-order valence-electron chi connectivity index (χ4n) is 4.42. The summed E-state index contributed by atoms with van der Waals surface area (Å²) in [5.74, 6) is -2.84. The number of pyridine rings is 1. The van der Waals surface area contributed by atoms with Crippen molar-refractivity contribution >= 4 is 34.4 Å². The first-order valence-electron chi connectivity index (χ1n) is 11.7. The summed E-state index contributed by atoms with van der Waals surface area (Å²) < 4.78 is 53.7. The highest BCUT2D eigenvalue weighted by Crippen LogP contribution is 2.51. The number of carbonyl (C=O) groups is 3. The number of anilines is 1. The topological polar surface area (TPSA) is 132 Å². The molecule has 1 heterocycles. The third kappa shape index (κ3) is 4.35. The molecule has 2 aliphatic carbocycles. The van der Waals surface area contributed by atoms with Crippen molar-refractivity contribution in [1.82, 2.24) is 4.98 Å². The van der Waals surface area contributed by atoms with Gasteiger partial charge in [0, 0.05) is 23.7 Å². The number of hydrogen-bond acceptors (Lipinski definition) is 6. The van der Waals surface area contributed by atoms with Crippen LogP contribution >= 0.6 is 0 Å². The first kappa shape index (κ1) is 25.3. The second-order valence-corrected chi connectivity index (χ2v) is 9.32. The van der Waals surface area contributed by atoms with E-state index in [9.17, 15) is 32.7 Å². The SMILES string of the molecule is COc1cc2nccc(Oc3ccc(N(C(=O)C4(C(=O)O)CC4)C4CC4)c(C(F)(F)F)c3)c2cc1C(N)=O. The lowest BCUT2D eigenvalue weighted by Gasteiger charge is -2.28. The molecule has 0 unspecified atom stereocenters. The monoisotopic (exact) mass is 529 g/mol. The lowest BCUT2D eigenvalue weighted by atomic mass is 10.0. The fraction of sp³-hybridized carbons (Fsp3) is 0.308. The van der Waals surface area contributed by atoms with Crippen LogP contribution in [0.2, 0.25) is 0 Å². The van der Waals surface area contributed by atoms with Crippen LogP contribution in [0.1, 0.15) is 41.6 Å². The molecule has 1 aromatic heterocycles. The van der Waals surface area contributed by atoms with Gasteiger partial charge in [-0.1, -0.05) is 0 Å². The van der Waals surface area contributed by atoms with E-state index in [4.69, 9.17) is 15.2 Å². The van der Waals surface area contributed by atoms with Gasteiger partial charge in [0.2, 0.25) is 5.91 Å². The number of fused-ring (bicyclic) bond motifs is 1. The number of benzene rings is 2. The maximum atomic E-state index is 14.2. The van der Waals surface area contributed by atoms with E-state index >= 15 is 0 Å². The van der Waals surface area contributed by atoms with Crippen molar-refractivity contribution in [3.63, 3.8) is 0 Å². The van der Waals surface area contributed by atoms with Gasteiger partial charge in [-0.2, -0.15) is 13.2 Å². The van der Waals surface area contributed by atoms with Gasteiger partial charge < -0.3 is 25.2 Å². The van der Waals surface area contributed by atoms with Crippen molar-refractivity contribution < 1.29 is 42.1 Å². The van der Waals surface area contributed by atoms with Gasteiger partial charge in [-0.15, -0.1) is 0 Å². The van der Waals surface area contributed by atoms with E-state index < -0.39 is 46.7 Å². The van der Waals surface area contributed by atoms with Crippen LogP contribution in [-0.4, -0.2) is 41.0 Å². The zero-order chi connectivity index (χ0) is 27.4. The first-order valence-corrected chi connectivity index (χ1v) is 11.7. The molecule has 2 fully saturated rings. The Bertz CT molecular complexity index is 1480. The van der Waals surface area contributed by atoms with Gasteiger partial charge >= 0.3 is 12.1 Å². The quantitative estimate of drug-likeness (QED) is 0.410. The maximum absolute atomic E-state index is 14.2. The highest BCUT2D eigenvalue weighted by Gasteiger charge is 2.60. The van der Waals surface area contributed by atoms with E-state index in [-0.39, 0.29) is 35.7 Å². The third-order valence-corrected chi connectivity index (χ3v) is 6.75. The number of halogens is 3. The Balaban J connectivity index is 1.56. The van der Waals surface area contributed by atoms with Gasteiger partial charge in [0.05, 0.1) is 29.4 Å². The number of amides is 2. The van der Waals surface area contributed by atoms with Gasteiger partial charge in [0.1, 0.15) is 22.7 Å². The number of nitrogens with two attached hydrogens (primary N) is 1. The number of alkyl halides is 3. The van der Waals surface area contributed by atoms with E-state index in [0.717, 1.165) is 17.0 Å². The molecule has 3 aromatic rings. The molecule has 2 aliphatic rings. The summed E-state index contributed by atoms with van der Waals surface area (Å²) in [5.41, 5.74) is 2.59. The van der Waals surface area contributed by atoms with Crippen LogP contribution in [0.5, 0.6) is 17.2 Å². The first-order chi connectivity index (χ1) is 18.0. The molecule has 2 saturated carbocycles. The predicted octanol–water partition coefficient (Wildman–Crippen LogP) is 4.51. The number of primary amides is 1. The molecule has 38 heavy (non-hydrogen) atoms. The molecule has 12 heteroatoms. The number of hydrogen-bond donors (Lipinski definition) is 2. The minimum Gasteiger partial charge on any atom is -0.496 e. The number of rotatable bonds is 8. The van der Waals surface area contributed by atoms with Crippen molar-refractivity contribution in [3.05, 3.63) is 53.7 Å². The lowest BCUT2D eigenvalue weighted by molar-refractivity contribution is -0.148. The van der Waals surface area contributed by atoms with Gasteiger partial charge in [0.15, 0.2) is 0 Å². The van der Waals surface area contributed by atoms with Crippen molar-refractivity contribution in [3.8, 4) is 17.2 Å². The molecule has 198 valence electrons. The number of carbonyl (C=O) groups excluding carboxylic acids is 2. The molecular formula is C26H22F3N3O6. The largest absolute Gasteiger partial charge is 0.496 e. The number of nitrogens with zero attached hydrogens (tertiary/aromatic N) is 2. The molecule has 0 aliphatic heterocycles. The maximum Gasteiger partial charge on any atom is 0.418 e. The standard InChI is InChI=1S/C26H22F3N3O6/c1-37-21-12-18-15(11-16(21)22(30)33)20(6-9-31-18)38-14-4-5-19(17(10-14)26(27,28)29)32(13-2-3-13)23(34)25(7-8-25)24(35)36/h4-6,9-13H,2-3,7-8H2,1H3,(H2,30,33)(H,35,36). The van der Waals surface area contributed by atoms with Crippen LogP contribution in [0.15, 0.2) is 42.6 Å². The number of methoxy groups -OCH3 is 1. The third-order valence-electron chi connectivity index (χ3n) is 6.75. The molecule has 0 atom stereocenters. The van der Waals surface area contributed by atoms with E-state index in [2.05, 4.69) is 4.98 Å². The number of aliphatic carboxylic acids is 1. The minimum absolute atomic E-state index is 0.0372. The molecule has 0 spiro atoms. The number of aromatic nitrogens is 1. The van der Waals surface area contributed by atoms with Crippen LogP contribution in [0.25, 0.3) is 10.9 Å². The molecular weight excluding hydrogens is 507 g/mol. The van der Waals surface area contributed by atoms with Crippen LogP contribution in [0.3, 0.4) is 0 Å². The molecule has 5 rings (SSSR count). The molecule has 3 N–H and O–H groups in total. The van der Waals surface area contributed by atoms with Crippen molar-refractivity contribution in [2.75, 3.05) is 12.0 Å². The Morgan fingerprint density at radius 2 is 1.82 bits per heavy atom. The van der Waals surface area contributed by atoms with Gasteiger partial charge in [0.25, 0.3) is 5.91 Å². The summed E-state index contributed by atoms with van der Waals surface area (Å²) in [5, 5.41) is 9.86. The van der Waals surface area contributed by atoms with E-state index in [1.807, 2.05) is 0 Å². The van der Waals surface area contributed by atoms with Gasteiger partial charge in [-0.05, 0) is 56.0 Å². The average molecular weight is 529 g/mol. The Hall–Kier alpha value is -4.35. The highest BCUT2D eigenvalue weighted by molar-refractivity contribution is 6.12. The van der Waals surface area contributed by atoms with Gasteiger partial charge in [-0.25, -0.2) is 0 Å². The second kappa shape index (κ2) is 8.89. The average Bonchev–Trinajstić information content (AvgIpc) is 3.78. The van der Waals surface area contributed by atoms with Gasteiger partial charge in [-0.3, -0.25) is 19.4 Å². The van der Waals surface area contributed by atoms with Crippen molar-refractivity contribution in [2.24, 2.45) is 11.1 Å². The molecule has 0 saturated heterocycles. The molecule has 0 radical (unpaired) electrons. The number of carboxylic acid groups (broad SMARTS) is 1. The lowest BCUT2D eigenvalue weighted by Crippen LogP contribution is -2.43. The zero-order valence-corrected chi connectivity index (χ0v) is 20.0. The van der Waals surface area contributed by atoms with Crippen LogP contribution in [0.4, 0.5) is 18.9 Å². The van der Waals surface area contributed by atoms with Crippen LogP contribution in [-0.2, 0) is 15.8 Å². The number of carboxylic acids is 1. The van der Waals surface area contributed by atoms with E-state index in [1.54, 1.807) is 0 Å². The normalized spacial score (nSPS) is 16.1. The minimum atomic E-state index is -4.87. The Morgan fingerprint density at radius 1 is 1.11 bits per heavy atom. The Kier molecular flexibility index (Phi) is 5.92. The van der Waals surface area contributed by atoms with Crippen molar-refractivity contribution in [1.29, 1.82) is 0 Å². The summed E-state index contributed by atoms with van der Waals surface area (Å²) in [4.78, 5) is 42.0. The summed E-state index contributed by atoms with van der Waals surface area (Å²) in [6, 6.07) is 6.92. The summed E-state index contributed by atoms with van der Waals surface area (Å²) in [7, 11) is 1.35. The molecule has 0 bridgehead atoms. The summed E-state index contributed by atoms with van der Waals surface area (Å²) >= 11 is 0. The van der Waals surface area contributed by atoms with Crippen molar-refractivity contribution in [2.45, 2.75) is 37.9 Å². The Morgan fingerprint density at radius 3 is 2.37 bits per heavy atom. The predicted molar refractivity (Wildman–Crippen MR) is 128 cm³/mol. The second-order valence-electron chi connectivity index (χ2n) is 9.32. The van der Waals surface area contributed by atoms with Crippen LogP contribution < -0.4 is 20.1 Å². The zero-order valence-electron chi connectivity index (χ0n) is 20.0. The van der Waals surface area contributed by atoms with E-state index in [0.29, 0.717) is 23.7 Å².